The predicted octanol–water partition coefficient (Wildman–Crippen LogP) is 2.03. The number of anilines is 2. The standard InChI is InChI=1S/C17H21N5O2/c1-22(2)15-8-6-11(10-18-15)19-17(24)21-14-5-3-4-13-12(14)7-9-16(23)20-13/h6-10,14H,3-5H2,1-2H3,(H,20,23)(H2,19,21,24)/t14-/m1/s1. The lowest BCUT2D eigenvalue weighted by molar-refractivity contribution is 0.247. The van der Waals surface area contributed by atoms with Gasteiger partial charge in [-0.05, 0) is 43.0 Å². The normalized spacial score (nSPS) is 16.2. The Morgan fingerprint density at radius 1 is 1.29 bits per heavy atom. The molecular weight excluding hydrogens is 306 g/mol. The maximum Gasteiger partial charge on any atom is 0.319 e. The van der Waals surface area contributed by atoms with Crippen molar-refractivity contribution in [1.82, 2.24) is 15.3 Å². The van der Waals surface area contributed by atoms with Crippen LogP contribution in [0.3, 0.4) is 0 Å². The van der Waals surface area contributed by atoms with Gasteiger partial charge < -0.3 is 20.5 Å². The van der Waals surface area contributed by atoms with Crippen LogP contribution in [0, 0.1) is 0 Å². The van der Waals surface area contributed by atoms with Crippen LogP contribution in [0.5, 0.6) is 0 Å². The number of aryl methyl sites for hydroxylation is 1. The van der Waals surface area contributed by atoms with Gasteiger partial charge in [-0.15, -0.1) is 0 Å². The summed E-state index contributed by atoms with van der Waals surface area (Å²) < 4.78 is 0. The molecule has 0 aromatic carbocycles. The van der Waals surface area contributed by atoms with Crippen LogP contribution in [-0.2, 0) is 6.42 Å². The SMILES string of the molecule is CN(C)c1ccc(NC(=O)N[C@@H]2CCCc3[nH]c(=O)ccc32)cn1. The van der Waals surface area contributed by atoms with Crippen LogP contribution in [0.25, 0.3) is 0 Å². The zero-order chi connectivity index (χ0) is 17.1. The molecule has 0 fully saturated rings. The van der Waals surface area contributed by atoms with Gasteiger partial charge in [-0.1, -0.05) is 0 Å². The Balaban J connectivity index is 1.66. The molecule has 0 saturated heterocycles. The van der Waals surface area contributed by atoms with Crippen LogP contribution in [0.15, 0.2) is 35.3 Å². The van der Waals surface area contributed by atoms with Crippen molar-refractivity contribution in [3.05, 3.63) is 52.1 Å². The van der Waals surface area contributed by atoms with Crippen LogP contribution < -0.4 is 21.1 Å². The molecule has 1 aliphatic rings. The number of hydrogen-bond acceptors (Lipinski definition) is 4. The Morgan fingerprint density at radius 3 is 2.83 bits per heavy atom. The van der Waals surface area contributed by atoms with E-state index in [1.54, 1.807) is 12.3 Å². The third-order valence-corrected chi connectivity index (χ3v) is 4.10. The number of H-pyrrole nitrogens is 1. The molecule has 1 atom stereocenters. The molecule has 3 rings (SSSR count). The molecule has 0 aliphatic heterocycles. The van der Waals surface area contributed by atoms with E-state index in [1.165, 1.54) is 6.07 Å². The number of aromatic amines is 1. The summed E-state index contributed by atoms with van der Waals surface area (Å²) >= 11 is 0. The number of rotatable bonds is 3. The molecule has 2 heterocycles. The highest BCUT2D eigenvalue weighted by Gasteiger charge is 2.22. The second-order valence-electron chi connectivity index (χ2n) is 6.10. The Kier molecular flexibility index (Phi) is 4.50. The highest BCUT2D eigenvalue weighted by atomic mass is 16.2. The number of carbonyl (C=O) groups excluding carboxylic acids is 1. The number of aromatic nitrogens is 2. The molecular formula is C17H21N5O2. The number of pyridine rings is 2. The maximum atomic E-state index is 12.2. The van der Waals surface area contributed by atoms with Gasteiger partial charge in [0.1, 0.15) is 5.82 Å². The van der Waals surface area contributed by atoms with Crippen molar-refractivity contribution in [2.75, 3.05) is 24.3 Å². The van der Waals surface area contributed by atoms with E-state index in [2.05, 4.69) is 20.6 Å². The van der Waals surface area contributed by atoms with Crippen LogP contribution in [-0.4, -0.2) is 30.1 Å². The van der Waals surface area contributed by atoms with Crippen molar-refractivity contribution in [2.24, 2.45) is 0 Å². The lowest BCUT2D eigenvalue weighted by Gasteiger charge is -2.26. The second kappa shape index (κ2) is 6.74. The van der Waals surface area contributed by atoms with Gasteiger partial charge in [0, 0.05) is 25.9 Å². The predicted molar refractivity (Wildman–Crippen MR) is 93.5 cm³/mol. The van der Waals surface area contributed by atoms with Crippen LogP contribution in [0.4, 0.5) is 16.3 Å². The van der Waals surface area contributed by atoms with Crippen molar-refractivity contribution >= 4 is 17.5 Å². The first kappa shape index (κ1) is 16.0. The zero-order valence-corrected chi connectivity index (χ0v) is 13.8. The number of urea groups is 1. The summed E-state index contributed by atoms with van der Waals surface area (Å²) in [6.07, 6.45) is 4.24. The minimum Gasteiger partial charge on any atom is -0.363 e. The maximum absolute atomic E-state index is 12.2. The fourth-order valence-corrected chi connectivity index (χ4v) is 2.90. The average molecular weight is 327 g/mol. The second-order valence-corrected chi connectivity index (χ2v) is 6.10. The molecule has 0 unspecified atom stereocenters. The molecule has 3 N–H and O–H groups in total. The van der Waals surface area contributed by atoms with Gasteiger partial charge in [-0.3, -0.25) is 4.79 Å². The number of carbonyl (C=O) groups is 1. The summed E-state index contributed by atoms with van der Waals surface area (Å²) in [4.78, 5) is 32.7. The molecule has 0 saturated carbocycles. The summed E-state index contributed by atoms with van der Waals surface area (Å²) in [7, 11) is 3.82. The van der Waals surface area contributed by atoms with Gasteiger partial charge in [0.15, 0.2) is 0 Å². The summed E-state index contributed by atoms with van der Waals surface area (Å²) in [5, 5.41) is 5.76. The monoisotopic (exact) mass is 327 g/mol. The quantitative estimate of drug-likeness (QED) is 0.804. The summed E-state index contributed by atoms with van der Waals surface area (Å²) in [5.74, 6) is 0.825. The molecule has 0 bridgehead atoms. The molecule has 2 aromatic rings. The van der Waals surface area contributed by atoms with Crippen molar-refractivity contribution in [3.8, 4) is 0 Å². The van der Waals surface area contributed by atoms with Crippen LogP contribution in [0.1, 0.15) is 30.1 Å². The Bertz CT molecular complexity index is 782. The fourth-order valence-electron chi connectivity index (χ4n) is 2.90. The Morgan fingerprint density at radius 2 is 2.12 bits per heavy atom. The highest BCUT2D eigenvalue weighted by Crippen LogP contribution is 2.27. The van der Waals surface area contributed by atoms with Gasteiger partial charge in [0.2, 0.25) is 5.56 Å². The molecule has 126 valence electrons. The zero-order valence-electron chi connectivity index (χ0n) is 13.8. The molecule has 7 heteroatoms. The van der Waals surface area contributed by atoms with E-state index in [4.69, 9.17) is 0 Å². The summed E-state index contributed by atoms with van der Waals surface area (Å²) in [6.45, 7) is 0. The minimum atomic E-state index is -0.279. The molecule has 0 spiro atoms. The molecule has 24 heavy (non-hydrogen) atoms. The van der Waals surface area contributed by atoms with E-state index in [9.17, 15) is 9.59 Å². The molecule has 2 amide bonds. The number of amides is 2. The minimum absolute atomic E-state index is 0.0976. The first-order valence-corrected chi connectivity index (χ1v) is 7.96. The van der Waals surface area contributed by atoms with Gasteiger partial charge in [-0.25, -0.2) is 9.78 Å². The van der Waals surface area contributed by atoms with E-state index in [-0.39, 0.29) is 17.6 Å². The molecule has 0 radical (unpaired) electrons. The van der Waals surface area contributed by atoms with E-state index in [0.717, 1.165) is 36.3 Å². The molecule has 7 nitrogen and oxygen atoms in total. The smallest absolute Gasteiger partial charge is 0.319 e. The summed E-state index contributed by atoms with van der Waals surface area (Å²) in [6, 6.07) is 6.58. The topological polar surface area (TPSA) is 90.1 Å². The largest absolute Gasteiger partial charge is 0.363 e. The highest BCUT2D eigenvalue weighted by molar-refractivity contribution is 5.89. The molecule has 1 aliphatic carbocycles. The Labute approximate surface area is 140 Å². The van der Waals surface area contributed by atoms with Crippen molar-refractivity contribution in [3.63, 3.8) is 0 Å². The van der Waals surface area contributed by atoms with E-state index in [1.807, 2.05) is 31.1 Å². The van der Waals surface area contributed by atoms with Gasteiger partial charge >= 0.3 is 6.03 Å². The lowest BCUT2D eigenvalue weighted by atomic mass is 9.91. The lowest BCUT2D eigenvalue weighted by Crippen LogP contribution is -2.35. The third-order valence-electron chi connectivity index (χ3n) is 4.10. The molecule has 2 aromatic heterocycles. The van der Waals surface area contributed by atoms with Gasteiger partial charge in [0.25, 0.3) is 0 Å². The fraction of sp³-hybridized carbons (Fsp3) is 0.353. The van der Waals surface area contributed by atoms with Crippen molar-refractivity contribution < 1.29 is 4.79 Å². The Hall–Kier alpha value is -2.83. The average Bonchev–Trinajstić information content (AvgIpc) is 2.55. The summed E-state index contributed by atoms with van der Waals surface area (Å²) in [5.41, 5.74) is 2.43. The number of nitrogens with zero attached hydrogens (tertiary/aromatic N) is 2. The van der Waals surface area contributed by atoms with Gasteiger partial charge in [0.05, 0.1) is 17.9 Å². The van der Waals surface area contributed by atoms with Crippen LogP contribution in [0.2, 0.25) is 0 Å². The van der Waals surface area contributed by atoms with E-state index in [0.29, 0.717) is 5.69 Å². The van der Waals surface area contributed by atoms with Gasteiger partial charge in [-0.2, -0.15) is 0 Å². The number of fused-ring (bicyclic) bond motifs is 1. The van der Waals surface area contributed by atoms with E-state index < -0.39 is 0 Å². The third kappa shape index (κ3) is 3.56. The number of nitrogens with one attached hydrogen (secondary N) is 3. The van der Waals surface area contributed by atoms with E-state index >= 15 is 0 Å². The number of hydrogen-bond donors (Lipinski definition) is 3. The van der Waals surface area contributed by atoms with Crippen LogP contribution >= 0.6 is 0 Å². The first-order chi connectivity index (χ1) is 11.5. The first-order valence-electron chi connectivity index (χ1n) is 7.96. The van der Waals surface area contributed by atoms with Crippen molar-refractivity contribution in [2.45, 2.75) is 25.3 Å². The van der Waals surface area contributed by atoms with Crippen molar-refractivity contribution in [1.29, 1.82) is 0 Å².